The van der Waals surface area contributed by atoms with Crippen LogP contribution in [0.3, 0.4) is 0 Å². The molecule has 47 valence electrons. The van der Waals surface area contributed by atoms with Crippen LogP contribution in [-0.4, -0.2) is 26.0 Å². The SMILES string of the molecule is Nc1nc([Se])ncc1F. The zero-order valence-electron chi connectivity index (χ0n) is 4.34. The van der Waals surface area contributed by atoms with Crippen molar-refractivity contribution < 1.29 is 4.39 Å². The average Bonchev–Trinajstić information content (AvgIpc) is 1.80. The number of hydrogen-bond acceptors (Lipinski definition) is 3. The van der Waals surface area contributed by atoms with Gasteiger partial charge in [0, 0.05) is 0 Å². The second kappa shape index (κ2) is 2.29. The second-order valence-corrected chi connectivity index (χ2v) is 2.15. The van der Waals surface area contributed by atoms with E-state index in [1.54, 1.807) is 0 Å². The fourth-order valence-corrected chi connectivity index (χ4v) is 0.680. The van der Waals surface area contributed by atoms with E-state index in [2.05, 4.69) is 26.0 Å². The molecule has 1 aromatic heterocycles. The number of halogens is 1. The van der Waals surface area contributed by atoms with E-state index in [4.69, 9.17) is 5.73 Å². The van der Waals surface area contributed by atoms with Crippen LogP contribution in [0.4, 0.5) is 10.2 Å². The first-order valence-corrected chi connectivity index (χ1v) is 3.01. The summed E-state index contributed by atoms with van der Waals surface area (Å²) >= 11 is 2.50. The van der Waals surface area contributed by atoms with Gasteiger partial charge in [-0.15, -0.1) is 0 Å². The Morgan fingerprint density at radius 1 is 1.67 bits per heavy atom. The van der Waals surface area contributed by atoms with Gasteiger partial charge in [0.1, 0.15) is 0 Å². The number of nitrogen functional groups attached to an aromatic ring is 1. The van der Waals surface area contributed by atoms with Crippen LogP contribution in [0.15, 0.2) is 6.20 Å². The molecule has 0 saturated heterocycles. The molecule has 2 N–H and O–H groups in total. The van der Waals surface area contributed by atoms with Crippen LogP contribution in [0, 0.1) is 5.82 Å². The van der Waals surface area contributed by atoms with Crippen molar-refractivity contribution in [2.45, 2.75) is 0 Å². The maximum absolute atomic E-state index is 12.2. The van der Waals surface area contributed by atoms with E-state index in [0.717, 1.165) is 6.20 Å². The predicted octanol–water partition coefficient (Wildman–Crippen LogP) is -1.01. The van der Waals surface area contributed by atoms with Gasteiger partial charge in [-0.05, 0) is 0 Å². The van der Waals surface area contributed by atoms with E-state index in [0.29, 0.717) is 4.72 Å². The molecule has 0 atom stereocenters. The summed E-state index contributed by atoms with van der Waals surface area (Å²) in [5, 5.41) is 0. The summed E-state index contributed by atoms with van der Waals surface area (Å²) in [5.41, 5.74) is 5.07. The molecule has 0 aromatic carbocycles. The van der Waals surface area contributed by atoms with Crippen molar-refractivity contribution in [3.8, 4) is 0 Å². The molecule has 1 heterocycles. The number of anilines is 1. The van der Waals surface area contributed by atoms with Gasteiger partial charge in [-0.2, -0.15) is 0 Å². The molecule has 0 aliphatic heterocycles. The Kier molecular flexibility index (Phi) is 1.64. The van der Waals surface area contributed by atoms with Gasteiger partial charge in [0.15, 0.2) is 0 Å². The monoisotopic (exact) mass is 192 g/mol. The van der Waals surface area contributed by atoms with Gasteiger partial charge in [-0.25, -0.2) is 0 Å². The predicted molar refractivity (Wildman–Crippen MR) is 31.8 cm³/mol. The van der Waals surface area contributed by atoms with Crippen LogP contribution < -0.4 is 10.5 Å². The first kappa shape index (κ1) is 6.45. The standard InChI is InChI=1S/C4H3FN3Se/c5-2-1-7-4(9)8-3(2)6/h1H,(H2,6,7,8). The third-order valence-electron chi connectivity index (χ3n) is 0.749. The van der Waals surface area contributed by atoms with Crippen LogP contribution in [0.25, 0.3) is 0 Å². The molecular weight excluding hydrogens is 188 g/mol. The molecule has 1 radical (unpaired) electrons. The van der Waals surface area contributed by atoms with Crippen molar-refractivity contribution >= 4 is 26.6 Å². The van der Waals surface area contributed by atoms with Gasteiger partial charge in [-0.3, -0.25) is 0 Å². The molecule has 1 aromatic rings. The van der Waals surface area contributed by atoms with Crippen LogP contribution in [0.2, 0.25) is 0 Å². The summed E-state index contributed by atoms with van der Waals surface area (Å²) in [5.74, 6) is -0.715. The van der Waals surface area contributed by atoms with Crippen LogP contribution >= 0.6 is 0 Å². The van der Waals surface area contributed by atoms with Gasteiger partial charge in [-0.1, -0.05) is 0 Å². The quantitative estimate of drug-likeness (QED) is 0.534. The maximum atomic E-state index is 12.2. The molecule has 0 spiro atoms. The minimum absolute atomic E-state index is 0.126. The van der Waals surface area contributed by atoms with E-state index in [1.807, 2.05) is 0 Å². The summed E-state index contributed by atoms with van der Waals surface area (Å²) in [4.78, 5) is 7.03. The van der Waals surface area contributed by atoms with Crippen molar-refractivity contribution in [3.05, 3.63) is 12.0 Å². The van der Waals surface area contributed by atoms with Gasteiger partial charge >= 0.3 is 58.7 Å². The zero-order valence-corrected chi connectivity index (χ0v) is 6.05. The Morgan fingerprint density at radius 3 is 2.78 bits per heavy atom. The van der Waals surface area contributed by atoms with E-state index < -0.39 is 5.82 Å². The Bertz CT molecular complexity index is 227. The first-order valence-electron chi connectivity index (χ1n) is 2.15. The second-order valence-electron chi connectivity index (χ2n) is 1.39. The minimum atomic E-state index is -0.589. The van der Waals surface area contributed by atoms with Crippen LogP contribution in [0.1, 0.15) is 0 Å². The summed E-state index contributed by atoms with van der Waals surface area (Å²) in [6.07, 6.45) is 1.02. The molecule has 0 amide bonds. The van der Waals surface area contributed by atoms with Crippen molar-refractivity contribution in [1.82, 2.24) is 9.97 Å². The molecule has 0 aliphatic carbocycles. The number of nitrogens with zero attached hydrogens (tertiary/aromatic N) is 2. The van der Waals surface area contributed by atoms with Gasteiger partial charge in [0.25, 0.3) is 0 Å². The van der Waals surface area contributed by atoms with E-state index in [-0.39, 0.29) is 5.82 Å². The molecule has 3 nitrogen and oxygen atoms in total. The summed E-state index contributed by atoms with van der Waals surface area (Å²) in [6, 6.07) is 0. The Morgan fingerprint density at radius 2 is 2.33 bits per heavy atom. The van der Waals surface area contributed by atoms with Crippen molar-refractivity contribution in [2.24, 2.45) is 0 Å². The zero-order chi connectivity index (χ0) is 6.85. The van der Waals surface area contributed by atoms with Crippen molar-refractivity contribution in [2.75, 3.05) is 5.73 Å². The van der Waals surface area contributed by atoms with Gasteiger partial charge in [0.05, 0.1) is 0 Å². The number of rotatable bonds is 0. The molecule has 0 fully saturated rings. The van der Waals surface area contributed by atoms with Crippen molar-refractivity contribution in [1.29, 1.82) is 0 Å². The molecule has 0 bridgehead atoms. The molecule has 0 aliphatic rings. The third kappa shape index (κ3) is 1.37. The number of hydrogen-bond donors (Lipinski definition) is 1. The molecular formula is C4H3FN3Se. The summed E-state index contributed by atoms with van der Waals surface area (Å²) < 4.78 is 12.6. The fourth-order valence-electron chi connectivity index (χ4n) is 0.363. The number of aromatic nitrogens is 2. The Hall–Kier alpha value is -0.671. The topological polar surface area (TPSA) is 51.8 Å². The Balaban J connectivity index is 3.17. The summed E-state index contributed by atoms with van der Waals surface area (Å²) in [7, 11) is 0. The normalized spacial score (nSPS) is 9.44. The number of nitrogens with two attached hydrogens (primary N) is 1. The molecule has 5 heteroatoms. The van der Waals surface area contributed by atoms with Gasteiger partial charge in [0.2, 0.25) is 0 Å². The van der Waals surface area contributed by atoms with Gasteiger partial charge < -0.3 is 0 Å². The molecule has 9 heavy (non-hydrogen) atoms. The Labute approximate surface area is 59.3 Å². The van der Waals surface area contributed by atoms with Crippen LogP contribution in [-0.2, 0) is 0 Å². The van der Waals surface area contributed by atoms with Crippen LogP contribution in [0.5, 0.6) is 0 Å². The fraction of sp³-hybridized carbons (Fsp3) is 0. The van der Waals surface area contributed by atoms with Crippen molar-refractivity contribution in [3.63, 3.8) is 0 Å². The van der Waals surface area contributed by atoms with E-state index >= 15 is 0 Å². The van der Waals surface area contributed by atoms with E-state index in [1.165, 1.54) is 0 Å². The average molecular weight is 191 g/mol. The molecule has 1 rings (SSSR count). The molecule has 0 unspecified atom stereocenters. The molecule has 0 saturated carbocycles. The third-order valence-corrected chi connectivity index (χ3v) is 1.16. The van der Waals surface area contributed by atoms with E-state index in [9.17, 15) is 4.39 Å². The first-order chi connectivity index (χ1) is 4.20. The summed E-state index contributed by atoms with van der Waals surface area (Å²) in [6.45, 7) is 0.